The van der Waals surface area contributed by atoms with Gasteiger partial charge in [0.1, 0.15) is 28.6 Å². The van der Waals surface area contributed by atoms with Gasteiger partial charge in [0.25, 0.3) is 11.7 Å². The summed E-state index contributed by atoms with van der Waals surface area (Å²) in [6, 6.07) is 10.1. The Morgan fingerprint density at radius 3 is 2.29 bits per heavy atom. The van der Waals surface area contributed by atoms with E-state index in [-0.39, 0.29) is 67.6 Å². The second kappa shape index (κ2) is 19.8. The maximum atomic E-state index is 14.8. The molecule has 6 aliphatic heterocycles. The van der Waals surface area contributed by atoms with Crippen molar-refractivity contribution >= 4 is 39.9 Å². The highest BCUT2D eigenvalue weighted by Gasteiger charge is 2.50. The summed E-state index contributed by atoms with van der Waals surface area (Å²) in [5.74, 6) is -4.07. The fourth-order valence-corrected chi connectivity index (χ4v) is 10.8. The summed E-state index contributed by atoms with van der Waals surface area (Å²) in [7, 11) is 0. The van der Waals surface area contributed by atoms with Gasteiger partial charge in [-0.2, -0.15) is 0 Å². The van der Waals surface area contributed by atoms with E-state index in [4.69, 9.17) is 24.2 Å². The van der Waals surface area contributed by atoms with E-state index in [0.29, 0.717) is 63.4 Å². The van der Waals surface area contributed by atoms with Gasteiger partial charge in [-0.1, -0.05) is 78.0 Å². The van der Waals surface area contributed by atoms with E-state index in [1.165, 1.54) is 13.2 Å². The number of nitrogens with one attached hydrogen (secondary N) is 1. The normalized spacial score (nSPS) is 29.4. The van der Waals surface area contributed by atoms with Crippen LogP contribution in [0.5, 0.6) is 17.2 Å². The Balaban J connectivity index is 1.15. The van der Waals surface area contributed by atoms with E-state index in [2.05, 4.69) is 41.1 Å². The van der Waals surface area contributed by atoms with Crippen molar-refractivity contribution in [1.82, 2.24) is 9.80 Å². The van der Waals surface area contributed by atoms with Crippen LogP contribution in [0.4, 0.5) is 16.2 Å². The number of hydrogen-bond donors (Lipinski definition) is 4. The zero-order valence-corrected chi connectivity index (χ0v) is 41.6. The van der Waals surface area contributed by atoms with E-state index >= 15 is 0 Å². The molecule has 2 fully saturated rings. The molecular weight excluding hydrogens is 877 g/mol. The second-order valence-corrected chi connectivity index (χ2v) is 20.7. The third-order valence-corrected chi connectivity index (χ3v) is 14.8. The Morgan fingerprint density at radius 1 is 0.928 bits per heavy atom. The molecule has 0 aliphatic carbocycles. The summed E-state index contributed by atoms with van der Waals surface area (Å²) in [4.78, 5) is 59.5. The zero-order valence-electron chi connectivity index (χ0n) is 41.6. The molecule has 4 unspecified atom stereocenters. The van der Waals surface area contributed by atoms with Crippen LogP contribution in [-0.4, -0.2) is 112 Å². The number of phenols is 2. The fourth-order valence-electron chi connectivity index (χ4n) is 10.8. The number of amides is 2. The number of fused-ring (bicyclic) bond motifs is 13. The number of phenolic OH excluding ortho intramolecular Hbond substituents is 2. The number of nitrogens with zero attached hydrogens (tertiary/aromatic N) is 5. The molecule has 3 aromatic carbocycles. The number of hydrogen-bond acceptors (Lipinski definition) is 13. The number of aromatic hydroxyl groups is 2. The van der Waals surface area contributed by atoms with E-state index in [0.717, 1.165) is 25.3 Å². The van der Waals surface area contributed by atoms with E-state index in [1.54, 1.807) is 30.9 Å². The summed E-state index contributed by atoms with van der Waals surface area (Å²) >= 11 is 0. The van der Waals surface area contributed by atoms with Gasteiger partial charge in [0, 0.05) is 93.7 Å². The Morgan fingerprint density at radius 2 is 1.61 bits per heavy atom. The van der Waals surface area contributed by atoms with Crippen LogP contribution < -0.4 is 25.7 Å². The van der Waals surface area contributed by atoms with Crippen molar-refractivity contribution in [1.29, 1.82) is 0 Å². The maximum absolute atomic E-state index is 14.8. The third-order valence-electron chi connectivity index (χ3n) is 14.8. The molecule has 0 saturated carbocycles. The lowest BCUT2D eigenvalue weighted by Crippen LogP contribution is -2.51. The number of para-hydroxylation sites is 1. The molecule has 6 heterocycles. The number of allylic oxidation sites excluding steroid dienone is 4. The first kappa shape index (κ1) is 49.5. The molecule has 7 atom stereocenters. The molecule has 4 N–H and O–H groups in total. The lowest BCUT2D eigenvalue weighted by Gasteiger charge is -2.39. The molecule has 15 heteroatoms. The molecule has 6 aliphatic rings. The van der Waals surface area contributed by atoms with Crippen molar-refractivity contribution in [2.75, 3.05) is 56.0 Å². The van der Waals surface area contributed by atoms with E-state index in [1.807, 2.05) is 58.0 Å². The van der Waals surface area contributed by atoms with Crippen LogP contribution in [0.1, 0.15) is 97.0 Å². The molecule has 2 saturated heterocycles. The lowest BCUT2D eigenvalue weighted by molar-refractivity contribution is -0.112. The fraction of sp³-hybridized carbons (Fsp3) is 0.537. The van der Waals surface area contributed by atoms with Crippen LogP contribution >= 0.6 is 0 Å². The van der Waals surface area contributed by atoms with Gasteiger partial charge in [-0.15, -0.1) is 0 Å². The van der Waals surface area contributed by atoms with Crippen molar-refractivity contribution in [3.63, 3.8) is 0 Å². The number of carbonyl (C=O) groups is 3. The number of aliphatic hydroxyl groups is 1. The average molecular weight is 947 g/mol. The Bertz CT molecular complexity index is 2680. The van der Waals surface area contributed by atoms with Crippen LogP contribution in [-0.2, 0) is 14.3 Å². The minimum atomic E-state index is -1.88. The van der Waals surface area contributed by atoms with Crippen LogP contribution in [0.3, 0.4) is 0 Å². The Kier molecular flexibility index (Phi) is 14.2. The van der Waals surface area contributed by atoms with E-state index in [9.17, 15) is 29.7 Å². The molecule has 0 aromatic heterocycles. The van der Waals surface area contributed by atoms with Crippen LogP contribution in [0, 0.1) is 36.5 Å². The summed E-state index contributed by atoms with van der Waals surface area (Å²) in [6.45, 7) is 21.7. The predicted molar refractivity (Wildman–Crippen MR) is 265 cm³/mol. The molecule has 2 amide bonds. The number of likely N-dealkylation sites (tertiary alicyclic amines) is 1. The minimum Gasteiger partial charge on any atom is -0.507 e. The number of carbonyl (C=O) groups excluding carboxylic acids is 3. The molecule has 1 spiro atoms. The van der Waals surface area contributed by atoms with Crippen molar-refractivity contribution in [2.45, 2.75) is 112 Å². The van der Waals surface area contributed by atoms with Gasteiger partial charge in [-0.25, -0.2) is 4.79 Å². The van der Waals surface area contributed by atoms with Crippen molar-refractivity contribution < 1.29 is 43.9 Å². The smallest absolute Gasteiger partial charge is 0.410 e. The van der Waals surface area contributed by atoms with Crippen LogP contribution in [0.2, 0.25) is 0 Å². The number of aliphatic hydroxyl groups excluding tert-OH is 1. The summed E-state index contributed by atoms with van der Waals surface area (Å²) in [5, 5.41) is 39.5. The lowest BCUT2D eigenvalue weighted by atomic mass is 9.80. The topological polar surface area (TPSA) is 186 Å². The van der Waals surface area contributed by atoms with Gasteiger partial charge in [0.2, 0.25) is 0 Å². The number of rotatable bonds is 4. The van der Waals surface area contributed by atoms with Crippen molar-refractivity contribution in [3.8, 4) is 17.2 Å². The van der Waals surface area contributed by atoms with Gasteiger partial charge < -0.3 is 49.5 Å². The average Bonchev–Trinajstić information content (AvgIpc) is 3.83. The second-order valence-electron chi connectivity index (χ2n) is 20.7. The number of ketones is 1. The molecule has 0 radical (unpaired) electrons. The SMILES string of the molecule is C/C1=C/C=C/C(C)C[C@@H](C)C(O)[C@@H](C)C(OC(=O)N2CCN(c3ccccc3)CC2)[C@H](C)C/C=C/OC2(C)Oc3c(C)c(O)c4c(O)c(c5c(c4c3C2=O)=NC2(CCN(CC(C)C)CC2)N=5)NC1=O. The molecule has 5 bridgehead atoms. The third kappa shape index (κ3) is 9.81. The molecular formula is C54H70N6O9. The zero-order chi connectivity index (χ0) is 49.5. The summed E-state index contributed by atoms with van der Waals surface area (Å²) in [5.41, 5.74) is 0.795. The van der Waals surface area contributed by atoms with Crippen LogP contribution in [0.25, 0.3) is 10.8 Å². The Labute approximate surface area is 405 Å². The van der Waals surface area contributed by atoms with Crippen LogP contribution in [0.15, 0.2) is 76.5 Å². The first-order valence-corrected chi connectivity index (χ1v) is 24.7. The van der Waals surface area contributed by atoms with Gasteiger partial charge in [-0.3, -0.25) is 19.6 Å². The summed E-state index contributed by atoms with van der Waals surface area (Å²) in [6.07, 6.45) is 8.81. The molecule has 9 rings (SSSR count). The number of piperazine rings is 1. The first-order chi connectivity index (χ1) is 32.8. The molecule has 370 valence electrons. The number of benzene rings is 3. The van der Waals surface area contributed by atoms with Gasteiger partial charge in [-0.05, 0) is 68.6 Å². The maximum Gasteiger partial charge on any atom is 0.410 e. The molecule has 69 heavy (non-hydrogen) atoms. The highest BCUT2D eigenvalue weighted by molar-refractivity contribution is 6.19. The van der Waals surface area contributed by atoms with Crippen molar-refractivity contribution in [2.24, 2.45) is 39.6 Å². The quantitative estimate of drug-likeness (QED) is 0.189. The molecule has 15 nitrogen and oxygen atoms in total. The monoisotopic (exact) mass is 947 g/mol. The number of Topliss-reactive ketones (excluding diaryl/α,β-unsaturated/α-hetero) is 1. The molecule has 3 aromatic rings. The van der Waals surface area contributed by atoms with Gasteiger partial charge in [0.15, 0.2) is 11.4 Å². The minimum absolute atomic E-state index is 0.00378. The highest BCUT2D eigenvalue weighted by atomic mass is 16.7. The first-order valence-electron chi connectivity index (χ1n) is 24.7. The van der Waals surface area contributed by atoms with Gasteiger partial charge in [0.05, 0.1) is 28.7 Å². The highest BCUT2D eigenvalue weighted by Crippen LogP contribution is 2.50. The largest absolute Gasteiger partial charge is 0.507 e. The number of anilines is 2. The standard InChI is InChI=1S/C54H70N6O9/c1-31(2)30-58-22-20-54(21-23-58)56-42-39-40-46(62)37(8)49-41(39)50(64)53(9,69-49)67-28-14-17-33(4)48(68-52(66)60-26-24-59(25-27-60)38-18-11-10-12-19-38)36(7)45(61)35(6)29-32(3)15-13-16-34(5)51(65)55-44(47(40)63)43(42)57-54/h10-16,18-19,28,31-33,35-36,45,48,61-63H,17,20-27,29-30H2,1-9H3,(H,55,65)/b15-13+,28-14+,34-16-/t32?,33-,35-,36-,45?,48?,53?/m1/s1. The number of piperidine rings is 1. The van der Waals surface area contributed by atoms with E-state index < -0.39 is 53.1 Å². The van der Waals surface area contributed by atoms with Crippen molar-refractivity contribution in [3.05, 3.63) is 88.3 Å². The van der Waals surface area contributed by atoms with Gasteiger partial charge >= 0.3 is 11.9 Å². The predicted octanol–water partition coefficient (Wildman–Crippen LogP) is 7.55. The Hall–Kier alpha value is -5.93. The number of ether oxygens (including phenoxy) is 3. The summed E-state index contributed by atoms with van der Waals surface area (Å²) < 4.78 is 18.9.